The quantitative estimate of drug-likeness (QED) is 0.284. The topological polar surface area (TPSA) is 83.0 Å². The second-order valence-electron chi connectivity index (χ2n) is 8.31. The van der Waals surface area contributed by atoms with Crippen LogP contribution in [0, 0.1) is 5.82 Å². The number of alkyl halides is 3. The molecule has 2 aromatic carbocycles. The Hall–Kier alpha value is -4.06. The largest absolute Gasteiger partial charge is 0.419 e. The number of benzene rings is 2. The molecule has 12 heteroatoms. The second kappa shape index (κ2) is 10.1. The summed E-state index contributed by atoms with van der Waals surface area (Å²) in [6.45, 7) is 1.94. The summed E-state index contributed by atoms with van der Waals surface area (Å²) in [4.78, 5) is 27.5. The van der Waals surface area contributed by atoms with Crippen molar-refractivity contribution in [2.45, 2.75) is 19.0 Å². The van der Waals surface area contributed by atoms with Crippen LogP contribution in [0.4, 0.5) is 40.0 Å². The number of rotatable bonds is 6. The summed E-state index contributed by atoms with van der Waals surface area (Å²) in [7, 11) is 0. The molecule has 0 radical (unpaired) electrons. The number of halogens is 4. The summed E-state index contributed by atoms with van der Waals surface area (Å²) in [5.74, 6) is -0.377. The standard InChI is InChI=1S/C25H20F4N6OS/c26-22-17(4-3-5-18(22)25(27,28)29)19-13-37-24(33-19)34-23(36)15-6-8-16(9-7-15)32-20-12-21(31-14-30-20)35-10-1-2-11-35/h3-9,12-14H,1-2,10-11H2,(H,30,31,32)(H,33,34,36). The molecule has 5 rings (SSSR count). The van der Waals surface area contributed by atoms with Gasteiger partial charge in [-0.3, -0.25) is 10.1 Å². The monoisotopic (exact) mass is 528 g/mol. The average molecular weight is 529 g/mol. The molecular formula is C25H20F4N6OS. The van der Waals surface area contributed by atoms with Crippen molar-refractivity contribution in [1.29, 1.82) is 0 Å². The highest BCUT2D eigenvalue weighted by Gasteiger charge is 2.35. The molecule has 1 amide bonds. The molecule has 0 unspecified atom stereocenters. The van der Waals surface area contributed by atoms with Crippen molar-refractivity contribution in [3.8, 4) is 11.3 Å². The zero-order valence-electron chi connectivity index (χ0n) is 19.2. The Morgan fingerprint density at radius 3 is 2.51 bits per heavy atom. The lowest BCUT2D eigenvalue weighted by molar-refractivity contribution is -0.139. The van der Waals surface area contributed by atoms with E-state index in [1.54, 1.807) is 24.3 Å². The summed E-state index contributed by atoms with van der Waals surface area (Å²) >= 11 is 0.985. The van der Waals surface area contributed by atoms with Crippen LogP contribution in [-0.4, -0.2) is 33.9 Å². The fourth-order valence-corrected chi connectivity index (χ4v) is 4.67. The molecule has 3 heterocycles. The van der Waals surface area contributed by atoms with E-state index in [0.29, 0.717) is 17.4 Å². The minimum absolute atomic E-state index is 0.00148. The smallest absolute Gasteiger partial charge is 0.356 e. The fourth-order valence-electron chi connectivity index (χ4n) is 3.96. The Morgan fingerprint density at radius 2 is 1.78 bits per heavy atom. The van der Waals surface area contributed by atoms with Gasteiger partial charge in [-0.15, -0.1) is 11.3 Å². The molecule has 1 fully saturated rings. The molecule has 4 aromatic rings. The van der Waals surface area contributed by atoms with Gasteiger partial charge in [-0.05, 0) is 49.2 Å². The van der Waals surface area contributed by atoms with Gasteiger partial charge in [-0.2, -0.15) is 13.2 Å². The first-order valence-electron chi connectivity index (χ1n) is 11.3. The third-order valence-electron chi connectivity index (χ3n) is 5.81. The summed E-state index contributed by atoms with van der Waals surface area (Å²) in [5.41, 5.74) is -0.597. The van der Waals surface area contributed by atoms with E-state index in [9.17, 15) is 22.4 Å². The number of anilines is 4. The molecule has 0 atom stereocenters. The molecule has 1 aliphatic heterocycles. The molecule has 1 saturated heterocycles. The van der Waals surface area contributed by atoms with Crippen molar-refractivity contribution in [3.63, 3.8) is 0 Å². The highest BCUT2D eigenvalue weighted by atomic mass is 32.1. The molecule has 0 spiro atoms. The number of hydrogen-bond donors (Lipinski definition) is 2. The lowest BCUT2D eigenvalue weighted by Crippen LogP contribution is -2.19. The van der Waals surface area contributed by atoms with E-state index in [1.807, 2.05) is 6.07 Å². The second-order valence-corrected chi connectivity index (χ2v) is 9.17. The van der Waals surface area contributed by atoms with Gasteiger partial charge in [0.2, 0.25) is 0 Å². The Labute approximate surface area is 213 Å². The first kappa shape index (κ1) is 24.6. The van der Waals surface area contributed by atoms with Gasteiger partial charge in [0.25, 0.3) is 5.91 Å². The maximum absolute atomic E-state index is 14.4. The van der Waals surface area contributed by atoms with Gasteiger partial charge in [-0.25, -0.2) is 19.3 Å². The minimum atomic E-state index is -4.82. The normalized spacial score (nSPS) is 13.6. The molecule has 0 aliphatic carbocycles. The summed E-state index contributed by atoms with van der Waals surface area (Å²) in [5, 5.41) is 7.31. The lowest BCUT2D eigenvalue weighted by Gasteiger charge is -2.16. The number of carbonyl (C=O) groups is 1. The number of amides is 1. The molecule has 1 aliphatic rings. The van der Waals surface area contributed by atoms with Gasteiger partial charge >= 0.3 is 6.18 Å². The SMILES string of the molecule is O=C(Nc1nc(-c2cccc(C(F)(F)F)c2F)cs1)c1ccc(Nc2cc(N3CCCC3)ncn2)cc1. The maximum Gasteiger partial charge on any atom is 0.419 e. The molecule has 0 saturated carbocycles. The third-order valence-corrected chi connectivity index (χ3v) is 6.56. The Morgan fingerprint density at radius 1 is 1.03 bits per heavy atom. The molecule has 37 heavy (non-hydrogen) atoms. The third kappa shape index (κ3) is 5.53. The highest BCUT2D eigenvalue weighted by molar-refractivity contribution is 7.14. The van der Waals surface area contributed by atoms with Gasteiger partial charge in [0.1, 0.15) is 23.8 Å². The van der Waals surface area contributed by atoms with Crippen LogP contribution in [0.25, 0.3) is 11.3 Å². The van der Waals surface area contributed by atoms with E-state index >= 15 is 0 Å². The van der Waals surface area contributed by atoms with Crippen molar-refractivity contribution in [3.05, 3.63) is 77.2 Å². The maximum atomic E-state index is 14.4. The van der Waals surface area contributed by atoms with E-state index in [1.165, 1.54) is 17.8 Å². The minimum Gasteiger partial charge on any atom is -0.356 e. The van der Waals surface area contributed by atoms with Crippen LogP contribution in [0.3, 0.4) is 0 Å². The molecule has 0 bridgehead atoms. The lowest BCUT2D eigenvalue weighted by atomic mass is 10.1. The summed E-state index contributed by atoms with van der Waals surface area (Å²) < 4.78 is 53.5. The van der Waals surface area contributed by atoms with Gasteiger partial charge in [0.05, 0.1) is 11.3 Å². The first-order valence-corrected chi connectivity index (χ1v) is 12.2. The molecule has 190 valence electrons. The Bertz CT molecular complexity index is 1420. The fraction of sp³-hybridized carbons (Fsp3) is 0.200. The van der Waals surface area contributed by atoms with Crippen LogP contribution in [-0.2, 0) is 6.18 Å². The van der Waals surface area contributed by atoms with E-state index in [4.69, 9.17) is 0 Å². The van der Waals surface area contributed by atoms with Crippen LogP contribution >= 0.6 is 11.3 Å². The molecule has 7 nitrogen and oxygen atoms in total. The number of nitrogens with one attached hydrogen (secondary N) is 2. The number of aromatic nitrogens is 3. The summed E-state index contributed by atoms with van der Waals surface area (Å²) in [6.07, 6.45) is -1.04. The number of hydrogen-bond acceptors (Lipinski definition) is 7. The van der Waals surface area contributed by atoms with E-state index < -0.39 is 23.5 Å². The number of nitrogens with zero attached hydrogens (tertiary/aromatic N) is 4. The van der Waals surface area contributed by atoms with Crippen LogP contribution < -0.4 is 15.5 Å². The van der Waals surface area contributed by atoms with Crippen LogP contribution in [0.15, 0.2) is 60.2 Å². The van der Waals surface area contributed by atoms with Crippen molar-refractivity contribution < 1.29 is 22.4 Å². The van der Waals surface area contributed by atoms with Crippen LogP contribution in [0.2, 0.25) is 0 Å². The van der Waals surface area contributed by atoms with Crippen molar-refractivity contribution in [2.75, 3.05) is 28.6 Å². The van der Waals surface area contributed by atoms with E-state index in [2.05, 4.69) is 30.5 Å². The number of thiazole rings is 1. The summed E-state index contributed by atoms with van der Waals surface area (Å²) in [6, 6.07) is 11.5. The first-order chi connectivity index (χ1) is 17.8. The zero-order chi connectivity index (χ0) is 26.0. The van der Waals surface area contributed by atoms with Crippen molar-refractivity contribution >= 4 is 39.7 Å². The average Bonchev–Trinajstić information content (AvgIpc) is 3.57. The predicted octanol–water partition coefficient (Wildman–Crippen LogP) is 6.35. The van der Waals surface area contributed by atoms with Crippen molar-refractivity contribution in [1.82, 2.24) is 15.0 Å². The van der Waals surface area contributed by atoms with Gasteiger partial charge in [0, 0.05) is 41.4 Å². The van der Waals surface area contributed by atoms with E-state index in [0.717, 1.165) is 54.8 Å². The van der Waals surface area contributed by atoms with E-state index in [-0.39, 0.29) is 16.4 Å². The Balaban J connectivity index is 1.24. The highest BCUT2D eigenvalue weighted by Crippen LogP contribution is 2.36. The van der Waals surface area contributed by atoms with Gasteiger partial charge in [0.15, 0.2) is 5.13 Å². The molecular weight excluding hydrogens is 508 g/mol. The van der Waals surface area contributed by atoms with Crippen LogP contribution in [0.1, 0.15) is 28.8 Å². The number of carbonyl (C=O) groups excluding carboxylic acids is 1. The molecule has 2 N–H and O–H groups in total. The predicted molar refractivity (Wildman–Crippen MR) is 134 cm³/mol. The van der Waals surface area contributed by atoms with Crippen LogP contribution in [0.5, 0.6) is 0 Å². The molecule has 2 aromatic heterocycles. The van der Waals surface area contributed by atoms with Gasteiger partial charge < -0.3 is 10.2 Å². The zero-order valence-corrected chi connectivity index (χ0v) is 20.0. The van der Waals surface area contributed by atoms with Crippen molar-refractivity contribution in [2.24, 2.45) is 0 Å². The van der Waals surface area contributed by atoms with Gasteiger partial charge in [-0.1, -0.05) is 6.07 Å². The Kier molecular flexibility index (Phi) is 6.74.